The molecule has 0 spiro atoms. The molecule has 280 valence electrons. The molecule has 0 aliphatic carbocycles. The molecule has 2 aromatic heterocycles. The molecule has 16 heteroatoms. The van der Waals surface area contributed by atoms with Gasteiger partial charge in [-0.25, -0.2) is 19.3 Å². The second-order valence-corrected chi connectivity index (χ2v) is 13.9. The quantitative estimate of drug-likeness (QED) is 0.0874. The van der Waals surface area contributed by atoms with Crippen LogP contribution < -0.4 is 20.9 Å². The van der Waals surface area contributed by atoms with Gasteiger partial charge in [-0.3, -0.25) is 9.36 Å². The van der Waals surface area contributed by atoms with Gasteiger partial charge in [-0.1, -0.05) is 72.8 Å². The molecule has 3 heterocycles. The lowest BCUT2D eigenvalue weighted by Gasteiger charge is -2.37. The van der Waals surface area contributed by atoms with Gasteiger partial charge in [0.05, 0.1) is 27.2 Å². The number of carbonyl (C=O) groups excluding carboxylic acids is 1. The molecule has 13 nitrogen and oxygen atoms in total. The molecule has 6 aromatic rings. The maximum atomic E-state index is 16.6. The molecule has 7 rings (SSSR count). The van der Waals surface area contributed by atoms with Gasteiger partial charge in [-0.2, -0.15) is 0 Å². The minimum atomic E-state index is -2.80. The largest absolute Gasteiger partial charge is 0.497 e. The highest BCUT2D eigenvalue weighted by Crippen LogP contribution is 2.44. The van der Waals surface area contributed by atoms with Gasteiger partial charge in [0.15, 0.2) is 36.5 Å². The number of hydrogen-bond acceptors (Lipinski definition) is 11. The van der Waals surface area contributed by atoms with Crippen molar-refractivity contribution in [3.05, 3.63) is 144 Å². The molecule has 5 N–H and O–H groups in total. The predicted molar refractivity (Wildman–Crippen MR) is 205 cm³/mol. The summed E-state index contributed by atoms with van der Waals surface area (Å²) in [6.07, 6.45) is -2.91. The second-order valence-electron chi connectivity index (χ2n) is 12.0. The van der Waals surface area contributed by atoms with Crippen LogP contribution >= 0.6 is 7.15 Å². The van der Waals surface area contributed by atoms with Crippen LogP contribution in [0, 0.1) is 0 Å². The number of methoxy groups -OCH3 is 2. The average molecular weight is 773 g/mol. The zero-order chi connectivity index (χ0) is 37.0. The molecule has 0 saturated carbocycles. The van der Waals surface area contributed by atoms with Gasteiger partial charge < -0.3 is 39.8 Å². The van der Waals surface area contributed by atoms with Crippen molar-refractivity contribution in [1.29, 1.82) is 0 Å². The molecule has 54 heavy (non-hydrogen) atoms. The fraction of sp³-hybridized carbons (Fsp3) is 0.211. The normalized spacial score (nSPS) is 18.8. The third-order valence-corrected chi connectivity index (χ3v) is 9.80. The van der Waals surface area contributed by atoms with Crippen molar-refractivity contribution in [2.24, 2.45) is 0 Å². The van der Waals surface area contributed by atoms with Crippen LogP contribution in [-0.4, -0.2) is 69.5 Å². The van der Waals surface area contributed by atoms with Gasteiger partial charge in [0.1, 0.15) is 35.6 Å². The number of benzene rings is 4. The number of alkyl halides is 1. The summed E-state index contributed by atoms with van der Waals surface area (Å²) in [5.74, 6) is 1.05. The summed E-state index contributed by atoms with van der Waals surface area (Å²) in [4.78, 5) is 36.1. The molecule has 1 saturated heterocycles. The summed E-state index contributed by atoms with van der Waals surface area (Å²) < 4.78 is 47.9. The van der Waals surface area contributed by atoms with Crippen LogP contribution in [0.25, 0.3) is 11.2 Å². The minimum absolute atomic E-state index is 0. The Bertz CT molecular complexity index is 2150. The Balaban J connectivity index is 0.00000497. The summed E-state index contributed by atoms with van der Waals surface area (Å²) in [5.41, 5.74) is 1.93. The van der Waals surface area contributed by atoms with Gasteiger partial charge in [-0.05, 0) is 64.9 Å². The first-order valence-electron chi connectivity index (χ1n) is 16.5. The van der Waals surface area contributed by atoms with E-state index in [1.54, 1.807) is 44.6 Å². The highest BCUT2D eigenvalue weighted by Gasteiger charge is 2.50. The van der Waals surface area contributed by atoms with Crippen molar-refractivity contribution in [2.75, 3.05) is 26.1 Å². The van der Waals surface area contributed by atoms with Gasteiger partial charge in [0.2, 0.25) is 0 Å². The van der Waals surface area contributed by atoms with Crippen molar-refractivity contribution in [3.8, 4) is 11.5 Å². The molecule has 4 aromatic carbocycles. The fourth-order valence-electron chi connectivity index (χ4n) is 6.49. The third-order valence-electron chi connectivity index (χ3n) is 9.04. The van der Waals surface area contributed by atoms with E-state index >= 15 is 4.39 Å². The van der Waals surface area contributed by atoms with Crippen molar-refractivity contribution >= 4 is 41.8 Å². The van der Waals surface area contributed by atoms with Gasteiger partial charge in [0, 0.05) is 5.56 Å². The van der Waals surface area contributed by atoms with Crippen LogP contribution in [0.2, 0.25) is 0 Å². The van der Waals surface area contributed by atoms with E-state index in [9.17, 15) is 9.69 Å². The lowest BCUT2D eigenvalue weighted by Crippen LogP contribution is -2.39. The van der Waals surface area contributed by atoms with Crippen LogP contribution in [-0.2, 0) is 31.4 Å². The third kappa shape index (κ3) is 7.61. The highest BCUT2D eigenvalue weighted by molar-refractivity contribution is 8.00. The van der Waals surface area contributed by atoms with E-state index in [0.29, 0.717) is 17.1 Å². The number of fused-ring (bicyclic) bond motifs is 1. The number of hydrogen-bond donors (Lipinski definition) is 3. The Hall–Kier alpha value is -5.12. The maximum Gasteiger partial charge on any atom is 0.256 e. The topological polar surface area (TPSA) is 174 Å². The summed E-state index contributed by atoms with van der Waals surface area (Å²) in [6.45, 7) is -0.195. The Morgan fingerprint density at radius 3 is 2.04 bits per heavy atom. The van der Waals surface area contributed by atoms with E-state index < -0.39 is 43.3 Å². The monoisotopic (exact) mass is 772 g/mol. The number of ether oxygens (including phenoxy) is 4. The number of aromatic nitrogens is 4. The lowest BCUT2D eigenvalue weighted by molar-refractivity contribution is -0.0907. The summed E-state index contributed by atoms with van der Waals surface area (Å²) >= 11 is 5.04. The number of halogens is 1. The van der Waals surface area contributed by atoms with Crippen molar-refractivity contribution < 1.29 is 37.5 Å². The lowest BCUT2D eigenvalue weighted by atomic mass is 9.80. The van der Waals surface area contributed by atoms with Crippen molar-refractivity contribution in [2.45, 2.75) is 30.2 Å². The van der Waals surface area contributed by atoms with E-state index in [1.807, 2.05) is 78.9 Å². The van der Waals surface area contributed by atoms with Crippen molar-refractivity contribution in [3.63, 3.8) is 0 Å². The number of imidazole rings is 1. The van der Waals surface area contributed by atoms with E-state index in [0.717, 1.165) is 16.7 Å². The van der Waals surface area contributed by atoms with Gasteiger partial charge in [0.25, 0.3) is 5.91 Å². The second kappa shape index (κ2) is 16.9. The number of rotatable bonds is 13. The van der Waals surface area contributed by atoms with E-state index in [-0.39, 0.29) is 29.7 Å². The summed E-state index contributed by atoms with van der Waals surface area (Å²) in [6, 6.07) is 33.2. The van der Waals surface area contributed by atoms with Gasteiger partial charge in [-0.15, -0.1) is 0 Å². The molecule has 0 bridgehead atoms. The number of nitrogens with one attached hydrogen (secondary N) is 1. The minimum Gasteiger partial charge on any atom is -0.497 e. The Labute approximate surface area is 316 Å². The molecular formula is C38H38FN6O7PS. The molecule has 1 aliphatic rings. The summed E-state index contributed by atoms with van der Waals surface area (Å²) in [7, 11) is 0.379. The predicted octanol–water partition coefficient (Wildman–Crippen LogP) is 6.39. The van der Waals surface area contributed by atoms with Gasteiger partial charge >= 0.3 is 0 Å². The number of nitrogens with zero attached hydrogens (tertiary/aromatic N) is 4. The molecule has 1 amide bonds. The zero-order valence-corrected chi connectivity index (χ0v) is 31.1. The zero-order valence-electron chi connectivity index (χ0n) is 29.2. The Kier molecular flexibility index (Phi) is 12.1. The number of amides is 1. The van der Waals surface area contributed by atoms with Crippen LogP contribution in [0.1, 0.15) is 33.3 Å². The van der Waals surface area contributed by atoms with Crippen molar-refractivity contribution in [1.82, 2.24) is 25.7 Å². The molecule has 1 aliphatic heterocycles. The number of carbonyl (C=O) groups is 1. The smallest absolute Gasteiger partial charge is 0.256 e. The van der Waals surface area contributed by atoms with E-state index in [1.165, 1.54) is 17.2 Å². The van der Waals surface area contributed by atoms with Crippen LogP contribution in [0.5, 0.6) is 11.5 Å². The maximum absolute atomic E-state index is 16.6. The molecule has 5 atom stereocenters. The molecule has 1 fully saturated rings. The standard InChI is InChI=1S/C38H35FN5O7PS.H3N/c1-47-28-17-13-26(14-18-28)38(25-11-7-4-8-12-25,27-15-19-29(48-2)20-16-27)49-21-30-33(51-52(46)53)31(39)37(50-30)44-23-42-32-34(40-22-41-35(32)44)43-36(45)24-9-5-3-6-10-24;/h3-20,22-23,30-31,33,37,52H,21H2,1-2H3,(H,46,53)(H,40,41,43,45);1H3/t30-,31+,33-,37-;/m1./s1. The van der Waals surface area contributed by atoms with E-state index in [4.69, 9.17) is 35.3 Å². The first kappa shape index (κ1) is 38.6. The van der Waals surface area contributed by atoms with Crippen LogP contribution in [0.3, 0.4) is 0 Å². The van der Waals surface area contributed by atoms with E-state index in [2.05, 4.69) is 20.3 Å². The average Bonchev–Trinajstić information content (AvgIpc) is 3.76. The first-order chi connectivity index (χ1) is 25.8. The number of anilines is 1. The van der Waals surface area contributed by atoms with Crippen LogP contribution in [0.4, 0.5) is 10.2 Å². The Morgan fingerprint density at radius 2 is 1.46 bits per heavy atom. The molecule has 1 unspecified atom stereocenters. The highest BCUT2D eigenvalue weighted by atomic mass is 32.4. The fourth-order valence-corrected chi connectivity index (χ4v) is 7.34. The first-order valence-corrected chi connectivity index (χ1v) is 19.0. The Morgan fingerprint density at radius 1 is 0.889 bits per heavy atom. The SMILES string of the molecule is COc1ccc(C(OC[C@H]2O[C@@H](n3cnc4c(NC(=O)c5ccccc5)ncnc43)[C@@H](F)[C@@H]2O[PH](O)=S)(c2ccccc2)c2ccc(OC)cc2)cc1.N. The molecular weight excluding hydrogens is 734 g/mol. The summed E-state index contributed by atoms with van der Waals surface area (Å²) in [5, 5.41) is 2.75. The van der Waals surface area contributed by atoms with Crippen LogP contribution in [0.15, 0.2) is 122 Å². The molecule has 0 radical (unpaired) electrons.